The van der Waals surface area contributed by atoms with E-state index in [1.54, 1.807) is 85.7 Å². The lowest BCUT2D eigenvalue weighted by Gasteiger charge is -2.29. The molecule has 32 heteroatoms. The molecule has 0 radical (unpaired) electrons. The Bertz CT molecular complexity index is 3050. The summed E-state index contributed by atoms with van der Waals surface area (Å²) in [6.45, 7) is 14.5. The number of azide groups is 1. The number of carboxylic acid groups (broad SMARTS) is 3. The molecular formula is C68H105N11O20S. The van der Waals surface area contributed by atoms with E-state index in [1.807, 2.05) is 0 Å². The molecule has 15 atom stereocenters. The number of aliphatic hydroxyl groups excluding tert-OH is 1. The summed E-state index contributed by atoms with van der Waals surface area (Å²) < 4.78 is 0. The molecule has 15 N–H and O–H groups in total. The highest BCUT2D eigenvalue weighted by Crippen LogP contribution is 2.26. The van der Waals surface area contributed by atoms with Crippen molar-refractivity contribution in [1.29, 1.82) is 0 Å². The highest BCUT2D eigenvalue weighted by molar-refractivity contribution is 7.80. The van der Waals surface area contributed by atoms with Gasteiger partial charge in [-0.15, -0.1) is 0 Å². The van der Waals surface area contributed by atoms with Crippen molar-refractivity contribution >= 4 is 107 Å². The van der Waals surface area contributed by atoms with E-state index in [2.05, 4.69) is 49.2 Å². The van der Waals surface area contributed by atoms with Gasteiger partial charge in [0.1, 0.15) is 5.78 Å². The summed E-state index contributed by atoms with van der Waals surface area (Å²) >= 11 is 4.32. The SMILES string of the molecule is CCC(C)[C@H](CC(=O)[C@H](CC(=O)O)NC(=O)[C@@H](CC(=O)[C@@H](NC(=O)[C@H](CCN=[N+]=[N-])CC(=O)[C@H](Cc1ccccc1)NC(=O)[C@H](CC(=O)O)CC(=O)[C@@H](N)CCC(N)=O)C(C)CC)C(C)O)C(=O)N[C@@H](CS)C(=O)C[C@@H](CC(C)C)C(=O)N[C@@H](CC(C)C)C(=O)C[C@@H](CCC(=O)O)C(N)=O. The summed E-state index contributed by atoms with van der Waals surface area (Å²) in [5.74, 6) is -25.1. The molecule has 1 aromatic rings. The van der Waals surface area contributed by atoms with E-state index >= 15 is 0 Å². The molecule has 0 aliphatic carbocycles. The standard InChI is InChI=1S/C68H105N11O20S/c1-10-37(7)45(67(98)77-51(34-100)55(84)29-43(23-35(3)4)65(96)74-48(24-36(5)6)53(82)26-41(63(71)94)17-20-59(88)89)31-56(85)50(33-61(92)93)76-68(99)46(39(9)80)32-57(86)62(38(8)11-2)78-64(95)42(21-22-73-79-72)27-54(83)49(25-40-15-13-12-14-16-40)75-66(97)44(30-60(90)91)28-52(81)47(69)18-19-58(70)87/h12-16,35-39,41-51,62,80,100H,10-11,17-34,69H2,1-9H3,(H2,70,87)(H2,71,94)(H,74,96)(H,75,97)(H,76,99)(H,77,98)(H,78,95)(H,88,89)(H,90,91)(H,92,93)/t37?,38?,39?,41-,42-,43-,44+,45+,46+,47+,48+,49+,50+,51+,62+/m1/s1. The van der Waals surface area contributed by atoms with Crippen molar-refractivity contribution in [2.45, 2.75) is 220 Å². The fourth-order valence-electron chi connectivity index (χ4n) is 11.2. The Kier molecular flexibility index (Phi) is 41.2. The van der Waals surface area contributed by atoms with Gasteiger partial charge in [-0.1, -0.05) is 104 Å². The Morgan fingerprint density at radius 2 is 0.980 bits per heavy atom. The van der Waals surface area contributed by atoms with Crippen LogP contribution in [0.25, 0.3) is 10.4 Å². The lowest BCUT2D eigenvalue weighted by atomic mass is 9.84. The summed E-state index contributed by atoms with van der Waals surface area (Å²) in [5.41, 5.74) is 26.3. The monoisotopic (exact) mass is 1430 g/mol. The van der Waals surface area contributed by atoms with E-state index in [-0.39, 0.29) is 81.9 Å². The number of rotatable bonds is 54. The molecule has 3 unspecified atom stereocenters. The summed E-state index contributed by atoms with van der Waals surface area (Å²) in [6.07, 6.45) is -8.19. The molecule has 0 aliphatic rings. The fraction of sp³-hybridized carbons (Fsp3) is 0.676. The molecule has 1 aromatic carbocycles. The molecule has 558 valence electrons. The van der Waals surface area contributed by atoms with E-state index in [4.69, 9.17) is 22.7 Å². The van der Waals surface area contributed by atoms with Crippen LogP contribution in [0, 0.1) is 59.2 Å². The predicted molar refractivity (Wildman–Crippen MR) is 367 cm³/mol. The first-order chi connectivity index (χ1) is 46.8. The first-order valence-electron chi connectivity index (χ1n) is 33.8. The molecule has 0 fully saturated rings. The van der Waals surface area contributed by atoms with E-state index < -0.39 is 241 Å². The highest BCUT2D eigenvalue weighted by atomic mass is 32.1. The van der Waals surface area contributed by atoms with Crippen LogP contribution in [0.1, 0.15) is 177 Å². The van der Waals surface area contributed by atoms with Gasteiger partial charge in [0, 0.05) is 92.2 Å². The second-order valence-corrected chi connectivity index (χ2v) is 27.1. The molecule has 31 nitrogen and oxygen atoms in total. The van der Waals surface area contributed by atoms with Gasteiger partial charge in [-0.2, -0.15) is 12.6 Å². The van der Waals surface area contributed by atoms with E-state index in [1.165, 1.54) is 0 Å². The minimum Gasteiger partial charge on any atom is -0.481 e. The number of aliphatic hydroxyl groups is 1. The maximum atomic E-state index is 14.5. The minimum absolute atomic E-state index is 0.128. The largest absolute Gasteiger partial charge is 0.481 e. The van der Waals surface area contributed by atoms with Gasteiger partial charge in [-0.25, -0.2) is 0 Å². The van der Waals surface area contributed by atoms with E-state index in [0.717, 1.165) is 6.92 Å². The average molecular weight is 1430 g/mol. The molecule has 0 aromatic heterocycles. The molecule has 7 amide bonds. The quantitative estimate of drug-likeness (QED) is 0.0193. The number of nitrogens with zero attached hydrogens (tertiary/aromatic N) is 3. The number of nitrogens with two attached hydrogens (primary N) is 3. The molecule has 1 rings (SSSR count). The number of aliphatic carboxylic acids is 3. The van der Waals surface area contributed by atoms with Gasteiger partial charge < -0.3 is 64.2 Å². The molecule has 0 saturated heterocycles. The number of hydrogen-bond donors (Lipinski definition) is 13. The third-order valence-electron chi connectivity index (χ3n) is 17.6. The molecule has 0 bridgehead atoms. The topological polar surface area (TPSA) is 541 Å². The summed E-state index contributed by atoms with van der Waals surface area (Å²) in [7, 11) is 0. The smallest absolute Gasteiger partial charge is 0.305 e. The second kappa shape index (κ2) is 46.0. The zero-order valence-electron chi connectivity index (χ0n) is 58.7. The van der Waals surface area contributed by atoms with Gasteiger partial charge in [0.25, 0.3) is 0 Å². The van der Waals surface area contributed by atoms with Crippen LogP contribution in [0.15, 0.2) is 35.4 Å². The normalized spacial score (nSPS) is 15.8. The number of carbonyl (C=O) groups is 16. The average Bonchev–Trinajstić information content (AvgIpc) is 0.838. The zero-order chi connectivity index (χ0) is 76.3. The maximum Gasteiger partial charge on any atom is 0.305 e. The van der Waals surface area contributed by atoms with Gasteiger partial charge in [0.2, 0.25) is 41.4 Å². The Morgan fingerprint density at radius 1 is 0.500 bits per heavy atom. The van der Waals surface area contributed by atoms with Gasteiger partial charge in [-0.05, 0) is 80.2 Å². The second-order valence-electron chi connectivity index (χ2n) is 26.8. The molecular weight excluding hydrogens is 1320 g/mol. The number of primary amides is 2. The van der Waals surface area contributed by atoms with Crippen LogP contribution in [0.3, 0.4) is 0 Å². The number of carbonyl (C=O) groups excluding carboxylic acids is 13. The van der Waals surface area contributed by atoms with Gasteiger partial charge in [0.05, 0.1) is 67.0 Å². The van der Waals surface area contributed by atoms with Gasteiger partial charge in [0.15, 0.2) is 28.9 Å². The Balaban J connectivity index is 3.59. The number of carboxylic acids is 3. The van der Waals surface area contributed by atoms with Crippen molar-refractivity contribution in [3.63, 3.8) is 0 Å². The van der Waals surface area contributed by atoms with Gasteiger partial charge in [-0.3, -0.25) is 76.7 Å². The molecule has 0 heterocycles. The van der Waals surface area contributed by atoms with Crippen LogP contribution in [-0.2, 0) is 83.1 Å². The molecule has 100 heavy (non-hydrogen) atoms. The first-order valence-corrected chi connectivity index (χ1v) is 34.4. The number of ketones is 6. The van der Waals surface area contributed by atoms with Crippen molar-refractivity contribution < 1.29 is 97.1 Å². The number of Topliss-reactive ketones (excluding diaryl/α,β-unsaturated/α-hetero) is 6. The zero-order valence-corrected chi connectivity index (χ0v) is 59.6. The van der Waals surface area contributed by atoms with Crippen molar-refractivity contribution in [1.82, 2.24) is 26.6 Å². The number of thiol groups is 1. The van der Waals surface area contributed by atoms with Crippen molar-refractivity contribution in [2.24, 2.45) is 81.5 Å². The van der Waals surface area contributed by atoms with Crippen LogP contribution < -0.4 is 43.8 Å². The van der Waals surface area contributed by atoms with Crippen molar-refractivity contribution in [2.75, 3.05) is 12.3 Å². The maximum absolute atomic E-state index is 14.5. The Morgan fingerprint density at radius 3 is 1.50 bits per heavy atom. The first kappa shape index (κ1) is 89.5. The summed E-state index contributed by atoms with van der Waals surface area (Å²) in [5, 5.41) is 56.4. The van der Waals surface area contributed by atoms with Crippen molar-refractivity contribution in [3.8, 4) is 0 Å². The van der Waals surface area contributed by atoms with E-state index in [0.29, 0.717) is 5.56 Å². The van der Waals surface area contributed by atoms with E-state index in [9.17, 15) is 97.1 Å². The number of amides is 7. The van der Waals surface area contributed by atoms with Crippen LogP contribution in [-0.4, -0.2) is 169 Å². The fourth-order valence-corrected chi connectivity index (χ4v) is 11.5. The van der Waals surface area contributed by atoms with Crippen LogP contribution in [0.5, 0.6) is 0 Å². The lowest BCUT2D eigenvalue weighted by Crippen LogP contribution is -2.52. The van der Waals surface area contributed by atoms with Crippen LogP contribution in [0.4, 0.5) is 0 Å². The summed E-state index contributed by atoms with van der Waals surface area (Å²) in [4.78, 5) is 217. The lowest BCUT2D eigenvalue weighted by molar-refractivity contribution is -0.143. The van der Waals surface area contributed by atoms with Gasteiger partial charge >= 0.3 is 17.9 Å². The number of benzene rings is 1. The Hall–Kier alpha value is -8.48. The molecule has 0 aliphatic heterocycles. The van der Waals surface area contributed by atoms with Crippen LogP contribution >= 0.6 is 12.6 Å². The predicted octanol–water partition coefficient (Wildman–Crippen LogP) is 3.19. The third kappa shape index (κ3) is 33.6. The summed E-state index contributed by atoms with van der Waals surface area (Å²) in [6, 6.07) is -0.335. The Labute approximate surface area is 588 Å². The molecule has 0 saturated carbocycles. The van der Waals surface area contributed by atoms with Crippen molar-refractivity contribution in [3.05, 3.63) is 46.3 Å². The number of hydrogen-bond acceptors (Lipinski definition) is 20. The number of nitrogens with one attached hydrogen (secondary N) is 5. The molecule has 0 spiro atoms. The minimum atomic E-state index is -1.87. The highest BCUT2D eigenvalue weighted by Gasteiger charge is 2.40. The third-order valence-corrected chi connectivity index (χ3v) is 18.0. The van der Waals surface area contributed by atoms with Crippen LogP contribution in [0.2, 0.25) is 0 Å².